The maximum atomic E-state index is 13.7. The van der Waals surface area contributed by atoms with Gasteiger partial charge in [-0.3, -0.25) is 0 Å². The first-order valence-corrected chi connectivity index (χ1v) is 5.87. The molecule has 0 heterocycles. The van der Waals surface area contributed by atoms with Crippen molar-refractivity contribution in [3.8, 4) is 0 Å². The van der Waals surface area contributed by atoms with E-state index in [0.717, 1.165) is 17.2 Å². The van der Waals surface area contributed by atoms with Gasteiger partial charge in [0.05, 0.1) is 6.04 Å². The Balaban J connectivity index is 2.52. The molecule has 0 bridgehead atoms. The Hall–Kier alpha value is -1.81. The van der Waals surface area contributed by atoms with Gasteiger partial charge in [-0.2, -0.15) is 0 Å². The van der Waals surface area contributed by atoms with Gasteiger partial charge in [0.1, 0.15) is 5.82 Å². The Bertz CT molecular complexity index is 623. The summed E-state index contributed by atoms with van der Waals surface area (Å²) >= 11 is 0. The second-order valence-corrected chi connectivity index (χ2v) is 4.63. The van der Waals surface area contributed by atoms with Gasteiger partial charge in [0, 0.05) is 11.6 Å². The van der Waals surface area contributed by atoms with Crippen LogP contribution in [0.5, 0.6) is 0 Å². The highest BCUT2D eigenvalue weighted by molar-refractivity contribution is 5.39. The fourth-order valence-corrected chi connectivity index (χ4v) is 2.04. The monoisotopic (exact) mass is 265 g/mol. The number of rotatable bonds is 2. The molecule has 0 amide bonds. The van der Waals surface area contributed by atoms with E-state index in [1.807, 2.05) is 32.0 Å². The number of halogens is 3. The van der Waals surface area contributed by atoms with E-state index in [9.17, 15) is 13.2 Å². The molecule has 19 heavy (non-hydrogen) atoms. The third kappa shape index (κ3) is 2.63. The van der Waals surface area contributed by atoms with Gasteiger partial charge in [-0.1, -0.05) is 23.8 Å². The van der Waals surface area contributed by atoms with E-state index in [4.69, 9.17) is 5.73 Å². The molecule has 1 unspecified atom stereocenters. The molecule has 100 valence electrons. The normalized spacial score (nSPS) is 12.5. The second kappa shape index (κ2) is 5.05. The lowest BCUT2D eigenvalue weighted by Crippen LogP contribution is -2.16. The molecular formula is C15H14F3N. The topological polar surface area (TPSA) is 26.0 Å². The molecule has 2 aromatic carbocycles. The van der Waals surface area contributed by atoms with Crippen molar-refractivity contribution < 1.29 is 13.2 Å². The Labute approximate surface area is 109 Å². The SMILES string of the molecule is Cc1ccc(C)c(C(N)c2cc(F)c(F)cc2F)c1. The molecule has 0 aliphatic carbocycles. The smallest absolute Gasteiger partial charge is 0.161 e. The van der Waals surface area contributed by atoms with Crippen LogP contribution >= 0.6 is 0 Å². The van der Waals surface area contributed by atoms with Crippen molar-refractivity contribution in [1.29, 1.82) is 0 Å². The fraction of sp³-hybridized carbons (Fsp3) is 0.200. The first-order chi connectivity index (χ1) is 8.90. The summed E-state index contributed by atoms with van der Waals surface area (Å²) in [5, 5.41) is 0. The van der Waals surface area contributed by atoms with E-state index in [1.54, 1.807) is 0 Å². The molecular weight excluding hydrogens is 251 g/mol. The highest BCUT2D eigenvalue weighted by Crippen LogP contribution is 2.27. The number of hydrogen-bond donors (Lipinski definition) is 1. The number of nitrogens with two attached hydrogens (primary N) is 1. The van der Waals surface area contributed by atoms with Gasteiger partial charge in [-0.25, -0.2) is 13.2 Å². The third-order valence-electron chi connectivity index (χ3n) is 3.14. The number of hydrogen-bond acceptors (Lipinski definition) is 1. The predicted molar refractivity (Wildman–Crippen MR) is 68.3 cm³/mol. The summed E-state index contributed by atoms with van der Waals surface area (Å²) in [7, 11) is 0. The van der Waals surface area contributed by atoms with Gasteiger partial charge < -0.3 is 5.73 Å². The van der Waals surface area contributed by atoms with Crippen LogP contribution in [0.4, 0.5) is 13.2 Å². The van der Waals surface area contributed by atoms with Crippen LogP contribution in [-0.4, -0.2) is 0 Å². The van der Waals surface area contributed by atoms with Crippen LogP contribution in [0.15, 0.2) is 30.3 Å². The molecule has 0 aliphatic heterocycles. The lowest BCUT2D eigenvalue weighted by atomic mass is 9.94. The van der Waals surface area contributed by atoms with Crippen molar-refractivity contribution in [2.75, 3.05) is 0 Å². The molecule has 0 aliphatic rings. The fourth-order valence-electron chi connectivity index (χ4n) is 2.04. The summed E-state index contributed by atoms with van der Waals surface area (Å²) in [5.41, 5.74) is 8.48. The van der Waals surface area contributed by atoms with Crippen LogP contribution in [0, 0.1) is 31.3 Å². The Morgan fingerprint density at radius 1 is 0.842 bits per heavy atom. The first kappa shape index (κ1) is 13.6. The van der Waals surface area contributed by atoms with Gasteiger partial charge in [0.15, 0.2) is 11.6 Å². The van der Waals surface area contributed by atoms with E-state index >= 15 is 0 Å². The number of aryl methyl sites for hydroxylation is 2. The van der Waals surface area contributed by atoms with Crippen molar-refractivity contribution in [1.82, 2.24) is 0 Å². The molecule has 0 radical (unpaired) electrons. The molecule has 0 saturated carbocycles. The van der Waals surface area contributed by atoms with Crippen molar-refractivity contribution in [2.45, 2.75) is 19.9 Å². The lowest BCUT2D eigenvalue weighted by Gasteiger charge is -2.17. The zero-order chi connectivity index (χ0) is 14.2. The molecule has 2 rings (SSSR count). The maximum absolute atomic E-state index is 13.7. The van der Waals surface area contributed by atoms with Gasteiger partial charge in [0.25, 0.3) is 0 Å². The van der Waals surface area contributed by atoms with Crippen LogP contribution in [0.3, 0.4) is 0 Å². The minimum Gasteiger partial charge on any atom is -0.320 e. The Morgan fingerprint density at radius 2 is 1.47 bits per heavy atom. The molecule has 0 saturated heterocycles. The number of benzene rings is 2. The molecule has 0 spiro atoms. The van der Waals surface area contributed by atoms with Gasteiger partial charge in [0.2, 0.25) is 0 Å². The largest absolute Gasteiger partial charge is 0.320 e. The summed E-state index contributed by atoms with van der Waals surface area (Å²) in [4.78, 5) is 0. The van der Waals surface area contributed by atoms with Gasteiger partial charge in [-0.15, -0.1) is 0 Å². The molecule has 1 atom stereocenters. The van der Waals surface area contributed by atoms with Crippen molar-refractivity contribution in [2.24, 2.45) is 5.73 Å². The average molecular weight is 265 g/mol. The highest BCUT2D eigenvalue weighted by atomic mass is 19.2. The zero-order valence-electron chi connectivity index (χ0n) is 10.7. The van der Waals surface area contributed by atoms with Gasteiger partial charge >= 0.3 is 0 Å². The van der Waals surface area contributed by atoms with Crippen LogP contribution in [0.25, 0.3) is 0 Å². The van der Waals surface area contributed by atoms with Crippen LogP contribution in [-0.2, 0) is 0 Å². The molecule has 4 heteroatoms. The minimum absolute atomic E-state index is 0.0485. The second-order valence-electron chi connectivity index (χ2n) is 4.63. The van der Waals surface area contributed by atoms with Crippen molar-refractivity contribution in [3.05, 3.63) is 70.0 Å². The predicted octanol–water partition coefficient (Wildman–Crippen LogP) is 3.77. The van der Waals surface area contributed by atoms with Crippen LogP contribution < -0.4 is 5.73 Å². The standard InChI is InChI=1S/C15H14F3N/c1-8-3-4-9(2)10(5-8)15(19)11-6-13(17)14(18)7-12(11)16/h3-7,15H,19H2,1-2H3. The van der Waals surface area contributed by atoms with Crippen LogP contribution in [0.2, 0.25) is 0 Å². The average Bonchev–Trinajstić information content (AvgIpc) is 2.36. The summed E-state index contributed by atoms with van der Waals surface area (Å²) in [6.07, 6.45) is 0. The maximum Gasteiger partial charge on any atom is 0.161 e. The van der Waals surface area contributed by atoms with Crippen molar-refractivity contribution in [3.63, 3.8) is 0 Å². The molecule has 2 aromatic rings. The van der Waals surface area contributed by atoms with E-state index in [0.29, 0.717) is 11.6 Å². The summed E-state index contributed by atoms with van der Waals surface area (Å²) in [6, 6.07) is 6.11. The van der Waals surface area contributed by atoms with E-state index < -0.39 is 23.5 Å². The lowest BCUT2D eigenvalue weighted by molar-refractivity contribution is 0.487. The minimum atomic E-state index is -1.21. The van der Waals surface area contributed by atoms with E-state index in [-0.39, 0.29) is 5.56 Å². The summed E-state index contributed by atoms with van der Waals surface area (Å²) in [5.74, 6) is -3.15. The Kier molecular flexibility index (Phi) is 3.62. The van der Waals surface area contributed by atoms with E-state index in [2.05, 4.69) is 0 Å². The zero-order valence-corrected chi connectivity index (χ0v) is 10.7. The molecule has 2 N–H and O–H groups in total. The molecule has 0 fully saturated rings. The van der Waals surface area contributed by atoms with E-state index in [1.165, 1.54) is 0 Å². The molecule has 1 nitrogen and oxygen atoms in total. The quantitative estimate of drug-likeness (QED) is 0.822. The van der Waals surface area contributed by atoms with Crippen LogP contribution in [0.1, 0.15) is 28.3 Å². The molecule has 0 aromatic heterocycles. The summed E-state index contributed by atoms with van der Waals surface area (Å²) in [6.45, 7) is 3.73. The third-order valence-corrected chi connectivity index (χ3v) is 3.14. The summed E-state index contributed by atoms with van der Waals surface area (Å²) < 4.78 is 39.8. The Morgan fingerprint density at radius 3 is 2.16 bits per heavy atom. The van der Waals surface area contributed by atoms with Crippen molar-refractivity contribution >= 4 is 0 Å². The van der Waals surface area contributed by atoms with Gasteiger partial charge in [-0.05, 0) is 31.0 Å². The first-order valence-electron chi connectivity index (χ1n) is 5.87. The highest BCUT2D eigenvalue weighted by Gasteiger charge is 2.18.